The number of aliphatic hydroxyl groups is 1. The number of aromatic nitrogens is 1. The van der Waals surface area contributed by atoms with Crippen LogP contribution in [0.1, 0.15) is 11.6 Å². The lowest BCUT2D eigenvalue weighted by Gasteiger charge is -2.14. The lowest BCUT2D eigenvalue weighted by Crippen LogP contribution is -2.23. The Morgan fingerprint density at radius 3 is 2.45 bits per heavy atom. The fourth-order valence-corrected chi connectivity index (χ4v) is 3.41. The van der Waals surface area contributed by atoms with Gasteiger partial charge in [0.2, 0.25) is 0 Å². The lowest BCUT2D eigenvalue weighted by molar-refractivity contribution is 0.232. The molecule has 0 aliphatic heterocycles. The standard InChI is InChI=1S/C16H15NO2S/c18-11-13(10-12-6-2-1-3-7-12)17-16(19)14-8-4-5-9-15(14)20-17/h1-9,13,18H,10-11H2/t13-/m0/s1. The van der Waals surface area contributed by atoms with Gasteiger partial charge in [-0.1, -0.05) is 54.0 Å². The molecule has 4 heteroatoms. The van der Waals surface area contributed by atoms with E-state index in [-0.39, 0.29) is 18.2 Å². The van der Waals surface area contributed by atoms with Crippen molar-refractivity contribution in [1.82, 2.24) is 3.96 Å². The van der Waals surface area contributed by atoms with Crippen molar-refractivity contribution < 1.29 is 5.11 Å². The van der Waals surface area contributed by atoms with E-state index in [0.717, 1.165) is 15.6 Å². The van der Waals surface area contributed by atoms with Crippen molar-refractivity contribution in [3.8, 4) is 0 Å². The molecular formula is C16H15NO2S. The summed E-state index contributed by atoms with van der Waals surface area (Å²) in [5.74, 6) is 0. The van der Waals surface area contributed by atoms with Crippen LogP contribution >= 0.6 is 11.5 Å². The molecule has 0 bridgehead atoms. The van der Waals surface area contributed by atoms with Gasteiger partial charge in [-0.2, -0.15) is 0 Å². The van der Waals surface area contributed by atoms with E-state index < -0.39 is 0 Å². The third-order valence-corrected chi connectivity index (χ3v) is 4.58. The molecule has 102 valence electrons. The summed E-state index contributed by atoms with van der Waals surface area (Å²) < 4.78 is 2.65. The first-order valence-electron chi connectivity index (χ1n) is 6.55. The predicted octanol–water partition coefficient (Wildman–Crippen LogP) is 2.84. The van der Waals surface area contributed by atoms with Gasteiger partial charge in [0, 0.05) is 0 Å². The van der Waals surface area contributed by atoms with E-state index in [4.69, 9.17) is 0 Å². The van der Waals surface area contributed by atoms with Gasteiger partial charge in [-0.15, -0.1) is 0 Å². The van der Waals surface area contributed by atoms with Crippen LogP contribution in [0.15, 0.2) is 59.4 Å². The summed E-state index contributed by atoms with van der Waals surface area (Å²) in [7, 11) is 0. The summed E-state index contributed by atoms with van der Waals surface area (Å²) in [6.07, 6.45) is 0.657. The van der Waals surface area contributed by atoms with Crippen molar-refractivity contribution >= 4 is 21.6 Å². The molecule has 2 aromatic carbocycles. The molecule has 0 aliphatic rings. The number of benzene rings is 2. The smallest absolute Gasteiger partial charge is 0.268 e. The van der Waals surface area contributed by atoms with Crippen LogP contribution in [0.5, 0.6) is 0 Å². The Morgan fingerprint density at radius 1 is 1.05 bits per heavy atom. The van der Waals surface area contributed by atoms with Gasteiger partial charge in [-0.3, -0.25) is 8.75 Å². The van der Waals surface area contributed by atoms with Crippen LogP contribution in [-0.4, -0.2) is 15.7 Å². The summed E-state index contributed by atoms with van der Waals surface area (Å²) >= 11 is 1.42. The van der Waals surface area contributed by atoms with Crippen LogP contribution in [0.2, 0.25) is 0 Å². The van der Waals surface area contributed by atoms with Gasteiger partial charge < -0.3 is 5.11 Å². The molecule has 0 unspecified atom stereocenters. The summed E-state index contributed by atoms with van der Waals surface area (Å²) in [4.78, 5) is 12.4. The monoisotopic (exact) mass is 285 g/mol. The minimum Gasteiger partial charge on any atom is -0.394 e. The quantitative estimate of drug-likeness (QED) is 0.801. The largest absolute Gasteiger partial charge is 0.394 e. The zero-order valence-corrected chi connectivity index (χ0v) is 11.7. The normalized spacial score (nSPS) is 12.7. The third-order valence-electron chi connectivity index (χ3n) is 3.37. The number of nitrogens with zero attached hydrogens (tertiary/aromatic N) is 1. The van der Waals surface area contributed by atoms with Crippen molar-refractivity contribution in [1.29, 1.82) is 0 Å². The Bertz CT molecular complexity index is 761. The Kier molecular flexibility index (Phi) is 3.67. The van der Waals surface area contributed by atoms with Gasteiger partial charge in [-0.05, 0) is 24.1 Å². The van der Waals surface area contributed by atoms with Gasteiger partial charge in [0.15, 0.2) is 0 Å². The lowest BCUT2D eigenvalue weighted by atomic mass is 10.1. The number of fused-ring (bicyclic) bond motifs is 1. The second kappa shape index (κ2) is 5.61. The molecule has 0 radical (unpaired) electrons. The highest BCUT2D eigenvalue weighted by Crippen LogP contribution is 2.21. The average Bonchev–Trinajstić information content (AvgIpc) is 2.83. The van der Waals surface area contributed by atoms with Crippen LogP contribution in [0, 0.1) is 0 Å². The maximum Gasteiger partial charge on any atom is 0.268 e. The zero-order chi connectivity index (χ0) is 13.9. The molecule has 0 saturated carbocycles. The van der Waals surface area contributed by atoms with E-state index in [1.165, 1.54) is 11.5 Å². The zero-order valence-electron chi connectivity index (χ0n) is 10.9. The first-order valence-corrected chi connectivity index (χ1v) is 7.32. The van der Waals surface area contributed by atoms with E-state index in [2.05, 4.69) is 0 Å². The number of hydrogen-bond donors (Lipinski definition) is 1. The van der Waals surface area contributed by atoms with Gasteiger partial charge in [0.05, 0.1) is 22.7 Å². The Balaban J connectivity index is 1.99. The first-order chi connectivity index (χ1) is 9.79. The minimum atomic E-state index is -0.206. The van der Waals surface area contributed by atoms with E-state index in [1.54, 1.807) is 3.96 Å². The molecule has 3 nitrogen and oxygen atoms in total. The molecule has 0 spiro atoms. The van der Waals surface area contributed by atoms with E-state index in [1.807, 2.05) is 54.6 Å². The van der Waals surface area contributed by atoms with Crippen LogP contribution < -0.4 is 5.56 Å². The highest BCUT2D eigenvalue weighted by atomic mass is 32.1. The highest BCUT2D eigenvalue weighted by Gasteiger charge is 2.16. The number of rotatable bonds is 4. The van der Waals surface area contributed by atoms with Crippen LogP contribution in [0.4, 0.5) is 0 Å². The van der Waals surface area contributed by atoms with Gasteiger partial charge in [0.1, 0.15) is 0 Å². The number of hydrogen-bond acceptors (Lipinski definition) is 3. The first kappa shape index (κ1) is 13.1. The van der Waals surface area contributed by atoms with Crippen molar-refractivity contribution in [2.24, 2.45) is 0 Å². The topological polar surface area (TPSA) is 42.2 Å². The molecular weight excluding hydrogens is 270 g/mol. The average molecular weight is 285 g/mol. The molecule has 1 heterocycles. The van der Waals surface area contributed by atoms with Gasteiger partial charge >= 0.3 is 0 Å². The summed E-state index contributed by atoms with van der Waals surface area (Å²) in [5.41, 5.74) is 1.11. The molecule has 1 N–H and O–H groups in total. The molecule has 1 atom stereocenters. The predicted molar refractivity (Wildman–Crippen MR) is 82.4 cm³/mol. The second-order valence-corrected chi connectivity index (χ2v) is 5.76. The van der Waals surface area contributed by atoms with Crippen molar-refractivity contribution in [2.45, 2.75) is 12.5 Å². The number of aliphatic hydroxyl groups excluding tert-OH is 1. The van der Waals surface area contributed by atoms with Gasteiger partial charge in [0.25, 0.3) is 5.56 Å². The SMILES string of the molecule is O=c1c2ccccc2sn1[C@H](CO)Cc1ccccc1. The molecule has 0 amide bonds. The fraction of sp³-hybridized carbons (Fsp3) is 0.188. The maximum atomic E-state index is 12.4. The summed E-state index contributed by atoms with van der Waals surface area (Å²) in [6.45, 7) is -0.0401. The van der Waals surface area contributed by atoms with Gasteiger partial charge in [-0.25, -0.2) is 0 Å². The Hall–Kier alpha value is -1.91. The second-order valence-electron chi connectivity index (χ2n) is 4.74. The van der Waals surface area contributed by atoms with Crippen molar-refractivity contribution in [2.75, 3.05) is 6.61 Å². The molecule has 0 fully saturated rings. The summed E-state index contributed by atoms with van der Waals surface area (Å²) in [5, 5.41) is 10.4. The Labute approximate surface area is 120 Å². The molecule has 0 saturated heterocycles. The molecule has 3 aromatic rings. The maximum absolute atomic E-state index is 12.4. The van der Waals surface area contributed by atoms with E-state index >= 15 is 0 Å². The van der Waals surface area contributed by atoms with E-state index in [0.29, 0.717) is 6.42 Å². The van der Waals surface area contributed by atoms with E-state index in [9.17, 15) is 9.90 Å². The van der Waals surface area contributed by atoms with Crippen molar-refractivity contribution in [3.05, 3.63) is 70.5 Å². The Morgan fingerprint density at radius 2 is 1.75 bits per heavy atom. The third kappa shape index (κ3) is 2.40. The molecule has 3 rings (SSSR count). The van der Waals surface area contributed by atoms with Crippen molar-refractivity contribution in [3.63, 3.8) is 0 Å². The molecule has 1 aromatic heterocycles. The molecule has 20 heavy (non-hydrogen) atoms. The minimum absolute atomic E-state index is 0.0134. The highest BCUT2D eigenvalue weighted by molar-refractivity contribution is 7.13. The van der Waals surface area contributed by atoms with Crippen LogP contribution in [0.25, 0.3) is 10.1 Å². The van der Waals surface area contributed by atoms with Crippen LogP contribution in [0.3, 0.4) is 0 Å². The van der Waals surface area contributed by atoms with Crippen LogP contribution in [-0.2, 0) is 6.42 Å². The fourth-order valence-electron chi connectivity index (χ4n) is 2.34. The molecule has 0 aliphatic carbocycles. The summed E-state index contributed by atoms with van der Waals surface area (Å²) in [6, 6.07) is 17.3.